The fourth-order valence-corrected chi connectivity index (χ4v) is 1.55. The molecular weight excluding hydrogens is 246 g/mol. The highest BCUT2D eigenvalue weighted by atomic mass is 16.5. The molecule has 5 nitrogen and oxygen atoms in total. The maximum atomic E-state index is 11.2. The van der Waals surface area contributed by atoms with Gasteiger partial charge in [-0.3, -0.25) is 4.79 Å². The Hall–Kier alpha value is -2.82. The number of hydrogen-bond donors (Lipinski definition) is 2. The molecule has 5 heteroatoms. The minimum atomic E-state index is -1.01. The minimum absolute atomic E-state index is 0.163. The van der Waals surface area contributed by atoms with Crippen molar-refractivity contribution in [2.24, 2.45) is 5.73 Å². The zero-order valence-corrected chi connectivity index (χ0v) is 9.87. The highest BCUT2D eigenvalue weighted by Gasteiger charge is 2.09. The first-order valence-electron chi connectivity index (χ1n) is 5.48. The number of amides is 1. The van der Waals surface area contributed by atoms with Crippen molar-refractivity contribution in [1.82, 2.24) is 0 Å². The Bertz CT molecular complexity index is 620. The van der Waals surface area contributed by atoms with Crippen LogP contribution in [0.2, 0.25) is 0 Å². The van der Waals surface area contributed by atoms with Crippen LogP contribution in [0, 0.1) is 0 Å². The molecule has 2 rings (SSSR count). The molecule has 0 radical (unpaired) electrons. The van der Waals surface area contributed by atoms with Gasteiger partial charge in [-0.25, -0.2) is 4.79 Å². The Balaban J connectivity index is 2.26. The summed E-state index contributed by atoms with van der Waals surface area (Å²) >= 11 is 0. The van der Waals surface area contributed by atoms with E-state index >= 15 is 0 Å². The first-order chi connectivity index (χ1) is 9.08. The van der Waals surface area contributed by atoms with Gasteiger partial charge >= 0.3 is 5.97 Å². The molecule has 0 heterocycles. The number of aromatic carboxylic acids is 1. The molecular formula is C14H11NO4. The van der Waals surface area contributed by atoms with E-state index < -0.39 is 11.9 Å². The Morgan fingerprint density at radius 3 is 2.21 bits per heavy atom. The van der Waals surface area contributed by atoms with E-state index in [1.807, 2.05) is 0 Å². The van der Waals surface area contributed by atoms with Crippen molar-refractivity contribution in [3.63, 3.8) is 0 Å². The number of carbonyl (C=O) groups excluding carboxylic acids is 1. The van der Waals surface area contributed by atoms with Gasteiger partial charge < -0.3 is 15.6 Å². The zero-order valence-electron chi connectivity index (χ0n) is 9.87. The molecule has 0 unspecified atom stereocenters. The maximum Gasteiger partial charge on any atom is 0.335 e. The number of hydrogen-bond acceptors (Lipinski definition) is 3. The second-order valence-electron chi connectivity index (χ2n) is 3.79. The van der Waals surface area contributed by atoms with Crippen LogP contribution in [0.5, 0.6) is 11.5 Å². The number of ether oxygens (including phenoxy) is 1. The first kappa shape index (κ1) is 12.6. The predicted octanol–water partition coefficient (Wildman–Crippen LogP) is 2.28. The van der Waals surface area contributed by atoms with Gasteiger partial charge in [0.25, 0.3) is 5.91 Å². The summed E-state index contributed by atoms with van der Waals surface area (Å²) in [6, 6.07) is 12.4. The first-order valence-corrected chi connectivity index (χ1v) is 5.48. The van der Waals surface area contributed by atoms with E-state index in [1.54, 1.807) is 24.3 Å². The van der Waals surface area contributed by atoms with E-state index in [0.717, 1.165) is 0 Å². The van der Waals surface area contributed by atoms with Gasteiger partial charge in [0.05, 0.1) is 11.1 Å². The van der Waals surface area contributed by atoms with Crippen LogP contribution in [0.3, 0.4) is 0 Å². The van der Waals surface area contributed by atoms with Gasteiger partial charge in [-0.2, -0.15) is 0 Å². The van der Waals surface area contributed by atoms with Crippen molar-refractivity contribution >= 4 is 11.9 Å². The van der Waals surface area contributed by atoms with Crippen LogP contribution in [-0.4, -0.2) is 17.0 Å². The van der Waals surface area contributed by atoms with Crippen LogP contribution in [0.15, 0.2) is 48.5 Å². The summed E-state index contributed by atoms with van der Waals surface area (Å²) in [7, 11) is 0. The van der Waals surface area contributed by atoms with Crippen LogP contribution < -0.4 is 10.5 Å². The molecule has 0 aromatic heterocycles. The van der Waals surface area contributed by atoms with Crippen molar-refractivity contribution in [2.75, 3.05) is 0 Å². The monoisotopic (exact) mass is 257 g/mol. The summed E-state index contributed by atoms with van der Waals surface area (Å²) in [6.45, 7) is 0. The topological polar surface area (TPSA) is 89.6 Å². The molecule has 19 heavy (non-hydrogen) atoms. The van der Waals surface area contributed by atoms with E-state index in [0.29, 0.717) is 11.5 Å². The minimum Gasteiger partial charge on any atom is -0.478 e. The number of carbonyl (C=O) groups is 2. The van der Waals surface area contributed by atoms with Gasteiger partial charge in [0.1, 0.15) is 11.5 Å². The van der Waals surface area contributed by atoms with Gasteiger partial charge in [0, 0.05) is 0 Å². The van der Waals surface area contributed by atoms with Crippen molar-refractivity contribution in [3.05, 3.63) is 59.7 Å². The Kier molecular flexibility index (Phi) is 3.47. The number of benzene rings is 2. The quantitative estimate of drug-likeness (QED) is 0.879. The second kappa shape index (κ2) is 5.22. The van der Waals surface area contributed by atoms with Crippen LogP contribution >= 0.6 is 0 Å². The molecule has 96 valence electrons. The lowest BCUT2D eigenvalue weighted by atomic mass is 10.2. The molecule has 0 fully saturated rings. The lowest BCUT2D eigenvalue weighted by molar-refractivity contribution is 0.0696. The van der Waals surface area contributed by atoms with Crippen molar-refractivity contribution in [1.29, 1.82) is 0 Å². The third kappa shape index (κ3) is 2.90. The molecule has 2 aromatic carbocycles. The van der Waals surface area contributed by atoms with E-state index in [2.05, 4.69) is 0 Å². The second-order valence-corrected chi connectivity index (χ2v) is 3.79. The van der Waals surface area contributed by atoms with Crippen LogP contribution in [-0.2, 0) is 0 Å². The molecule has 2 aromatic rings. The fraction of sp³-hybridized carbons (Fsp3) is 0. The summed E-state index contributed by atoms with van der Waals surface area (Å²) in [5, 5.41) is 8.78. The maximum absolute atomic E-state index is 11.2. The van der Waals surface area contributed by atoms with Crippen LogP contribution in [0.4, 0.5) is 0 Å². The average molecular weight is 257 g/mol. The summed E-state index contributed by atoms with van der Waals surface area (Å²) in [5.41, 5.74) is 5.67. The van der Waals surface area contributed by atoms with Crippen LogP contribution in [0.1, 0.15) is 20.7 Å². The van der Waals surface area contributed by atoms with Gasteiger partial charge in [-0.05, 0) is 36.4 Å². The number of nitrogens with two attached hydrogens (primary N) is 1. The van der Waals surface area contributed by atoms with Gasteiger partial charge in [0.15, 0.2) is 0 Å². The Morgan fingerprint density at radius 2 is 1.63 bits per heavy atom. The van der Waals surface area contributed by atoms with Crippen molar-refractivity contribution in [2.45, 2.75) is 0 Å². The molecule has 0 aliphatic carbocycles. The van der Waals surface area contributed by atoms with E-state index in [4.69, 9.17) is 15.6 Å². The smallest absolute Gasteiger partial charge is 0.335 e. The molecule has 3 N–H and O–H groups in total. The molecule has 0 saturated carbocycles. The molecule has 0 atom stereocenters. The normalized spacial score (nSPS) is 9.89. The Morgan fingerprint density at radius 1 is 1.00 bits per heavy atom. The predicted molar refractivity (Wildman–Crippen MR) is 68.4 cm³/mol. The molecule has 0 aliphatic rings. The highest BCUT2D eigenvalue weighted by Crippen LogP contribution is 2.25. The molecule has 0 spiro atoms. The summed E-state index contributed by atoms with van der Waals surface area (Å²) in [4.78, 5) is 21.9. The fourth-order valence-electron chi connectivity index (χ4n) is 1.55. The van der Waals surface area contributed by atoms with Crippen LogP contribution in [0.25, 0.3) is 0 Å². The number of primary amides is 1. The van der Waals surface area contributed by atoms with Gasteiger partial charge in [0.2, 0.25) is 0 Å². The SMILES string of the molecule is NC(=O)c1ccccc1Oc1ccc(C(=O)O)cc1. The number of rotatable bonds is 4. The molecule has 0 aliphatic heterocycles. The molecule has 0 saturated heterocycles. The van der Waals surface area contributed by atoms with Gasteiger partial charge in [-0.1, -0.05) is 12.1 Å². The zero-order chi connectivity index (χ0) is 13.8. The summed E-state index contributed by atoms with van der Waals surface area (Å²) in [6.07, 6.45) is 0. The highest BCUT2D eigenvalue weighted by molar-refractivity contribution is 5.95. The molecule has 0 bridgehead atoms. The number of carboxylic acids is 1. The Labute approximate surface area is 109 Å². The van der Waals surface area contributed by atoms with E-state index in [1.165, 1.54) is 24.3 Å². The average Bonchev–Trinajstić information content (AvgIpc) is 2.39. The number of para-hydroxylation sites is 1. The van der Waals surface area contributed by atoms with Crippen molar-refractivity contribution in [3.8, 4) is 11.5 Å². The van der Waals surface area contributed by atoms with E-state index in [9.17, 15) is 9.59 Å². The number of carboxylic acid groups (broad SMARTS) is 1. The summed E-state index contributed by atoms with van der Waals surface area (Å²) in [5.74, 6) is -0.835. The third-order valence-corrected chi connectivity index (χ3v) is 2.48. The largest absolute Gasteiger partial charge is 0.478 e. The van der Waals surface area contributed by atoms with Gasteiger partial charge in [-0.15, -0.1) is 0 Å². The standard InChI is InChI=1S/C14H11NO4/c15-13(16)11-3-1-2-4-12(11)19-10-7-5-9(6-8-10)14(17)18/h1-8H,(H2,15,16)(H,17,18). The van der Waals surface area contributed by atoms with Crippen molar-refractivity contribution < 1.29 is 19.4 Å². The lowest BCUT2D eigenvalue weighted by Gasteiger charge is -2.08. The van der Waals surface area contributed by atoms with E-state index in [-0.39, 0.29) is 11.1 Å². The third-order valence-electron chi connectivity index (χ3n) is 2.48. The summed E-state index contributed by atoms with van der Waals surface area (Å²) < 4.78 is 5.51. The lowest BCUT2D eigenvalue weighted by Crippen LogP contribution is -2.11. The molecule has 1 amide bonds.